The largest absolute Gasteiger partial charge is 0.378 e. The predicted molar refractivity (Wildman–Crippen MR) is 97.3 cm³/mol. The zero-order valence-corrected chi connectivity index (χ0v) is 14.5. The maximum absolute atomic E-state index is 12.1. The van der Waals surface area contributed by atoms with Crippen LogP contribution in [0.4, 0.5) is 5.69 Å². The van der Waals surface area contributed by atoms with E-state index < -0.39 is 0 Å². The van der Waals surface area contributed by atoms with E-state index in [9.17, 15) is 4.79 Å². The number of benzene rings is 2. The Labute approximate surface area is 139 Å². The highest BCUT2D eigenvalue weighted by Crippen LogP contribution is 2.13. The summed E-state index contributed by atoms with van der Waals surface area (Å²) in [6, 6.07) is 14.2. The maximum Gasteiger partial charge on any atom is 0.251 e. The highest BCUT2D eigenvalue weighted by molar-refractivity contribution is 5.94. The molecule has 0 aromatic heterocycles. The van der Waals surface area contributed by atoms with E-state index in [1.165, 1.54) is 16.7 Å². The molecule has 0 fully saturated rings. The topological polar surface area (TPSA) is 32.3 Å². The van der Waals surface area contributed by atoms with E-state index in [1.54, 1.807) is 0 Å². The molecule has 122 valence electrons. The fraction of sp³-hybridized carbons (Fsp3) is 0.350. The normalized spacial score (nSPS) is 10.4. The lowest BCUT2D eigenvalue weighted by Gasteiger charge is -2.12. The Morgan fingerprint density at radius 3 is 2.35 bits per heavy atom. The van der Waals surface area contributed by atoms with Gasteiger partial charge in [-0.3, -0.25) is 4.79 Å². The molecule has 0 bridgehead atoms. The van der Waals surface area contributed by atoms with Crippen molar-refractivity contribution in [3.63, 3.8) is 0 Å². The number of aryl methyl sites for hydroxylation is 3. The third-order valence-corrected chi connectivity index (χ3v) is 4.05. The maximum atomic E-state index is 12.1. The van der Waals surface area contributed by atoms with Crippen LogP contribution in [0.2, 0.25) is 0 Å². The molecular formula is C20H26N2O. The van der Waals surface area contributed by atoms with Gasteiger partial charge in [0, 0.05) is 31.9 Å². The number of nitrogens with zero attached hydrogens (tertiary/aromatic N) is 1. The Kier molecular flexibility index (Phi) is 5.80. The van der Waals surface area contributed by atoms with Crippen LogP contribution in [0.25, 0.3) is 0 Å². The van der Waals surface area contributed by atoms with Gasteiger partial charge in [-0.05, 0) is 62.1 Å². The zero-order valence-electron chi connectivity index (χ0n) is 14.5. The monoisotopic (exact) mass is 310 g/mol. The summed E-state index contributed by atoms with van der Waals surface area (Å²) in [5.74, 6) is -0.00376. The van der Waals surface area contributed by atoms with E-state index in [0.29, 0.717) is 12.1 Å². The number of rotatable bonds is 6. The van der Waals surface area contributed by atoms with Crippen LogP contribution >= 0.6 is 0 Å². The smallest absolute Gasteiger partial charge is 0.251 e. The molecule has 2 aromatic carbocycles. The van der Waals surface area contributed by atoms with Gasteiger partial charge < -0.3 is 10.2 Å². The molecule has 2 aromatic rings. The Hall–Kier alpha value is -2.29. The summed E-state index contributed by atoms with van der Waals surface area (Å²) in [6.07, 6.45) is 1.94. The predicted octanol–water partition coefficient (Wildman–Crippen LogP) is 3.73. The highest BCUT2D eigenvalue weighted by atomic mass is 16.1. The summed E-state index contributed by atoms with van der Waals surface area (Å²) < 4.78 is 0. The van der Waals surface area contributed by atoms with Crippen LogP contribution in [0.3, 0.4) is 0 Å². The lowest BCUT2D eigenvalue weighted by atomic mass is 10.0. The van der Waals surface area contributed by atoms with Crippen molar-refractivity contribution in [1.82, 2.24) is 5.32 Å². The summed E-state index contributed by atoms with van der Waals surface area (Å²) in [4.78, 5) is 14.1. The van der Waals surface area contributed by atoms with Gasteiger partial charge in [0.1, 0.15) is 0 Å². The quantitative estimate of drug-likeness (QED) is 0.825. The molecule has 0 saturated carbocycles. The Morgan fingerprint density at radius 1 is 1.04 bits per heavy atom. The molecule has 0 atom stereocenters. The first-order valence-electron chi connectivity index (χ1n) is 8.09. The number of nitrogens with one attached hydrogen (secondary N) is 1. The minimum Gasteiger partial charge on any atom is -0.378 e. The van der Waals surface area contributed by atoms with Crippen molar-refractivity contribution in [2.45, 2.75) is 26.7 Å². The summed E-state index contributed by atoms with van der Waals surface area (Å²) in [6.45, 7) is 4.95. The van der Waals surface area contributed by atoms with Crippen molar-refractivity contribution in [2.24, 2.45) is 0 Å². The van der Waals surface area contributed by atoms with Crippen molar-refractivity contribution in [1.29, 1.82) is 0 Å². The third kappa shape index (κ3) is 4.85. The van der Waals surface area contributed by atoms with E-state index in [-0.39, 0.29) is 5.91 Å². The summed E-state index contributed by atoms with van der Waals surface area (Å²) in [5.41, 5.74) is 5.79. The molecule has 0 spiro atoms. The Morgan fingerprint density at radius 2 is 1.74 bits per heavy atom. The van der Waals surface area contributed by atoms with E-state index >= 15 is 0 Å². The first-order valence-corrected chi connectivity index (χ1v) is 8.09. The molecule has 3 nitrogen and oxygen atoms in total. The second-order valence-corrected chi connectivity index (χ2v) is 6.23. The minimum absolute atomic E-state index is 0.00376. The zero-order chi connectivity index (χ0) is 16.8. The van der Waals surface area contributed by atoms with Crippen LogP contribution in [0.15, 0.2) is 42.5 Å². The van der Waals surface area contributed by atoms with Crippen LogP contribution in [-0.2, 0) is 6.42 Å². The van der Waals surface area contributed by atoms with Gasteiger partial charge >= 0.3 is 0 Å². The molecule has 0 unspecified atom stereocenters. The molecule has 0 aliphatic rings. The molecular weight excluding hydrogens is 284 g/mol. The van der Waals surface area contributed by atoms with E-state index in [0.717, 1.165) is 18.5 Å². The van der Waals surface area contributed by atoms with Gasteiger partial charge in [-0.2, -0.15) is 0 Å². The van der Waals surface area contributed by atoms with Crippen molar-refractivity contribution >= 4 is 11.6 Å². The molecule has 0 radical (unpaired) electrons. The van der Waals surface area contributed by atoms with Gasteiger partial charge in [-0.15, -0.1) is 0 Å². The number of carbonyl (C=O) groups is 1. The van der Waals surface area contributed by atoms with Crippen molar-refractivity contribution in [2.75, 3.05) is 25.5 Å². The van der Waals surface area contributed by atoms with Crippen LogP contribution in [-0.4, -0.2) is 26.5 Å². The summed E-state index contributed by atoms with van der Waals surface area (Å²) in [7, 11) is 3.98. The molecule has 0 saturated heterocycles. The Bertz CT molecular complexity index is 660. The minimum atomic E-state index is -0.00376. The lowest BCUT2D eigenvalue weighted by molar-refractivity contribution is 0.0953. The molecule has 1 amide bonds. The van der Waals surface area contributed by atoms with Gasteiger partial charge in [0.2, 0.25) is 0 Å². The SMILES string of the molecule is Cc1ccc(CCCNC(=O)c2ccc(N(C)C)cc2)c(C)c1. The average Bonchev–Trinajstić information content (AvgIpc) is 2.53. The molecule has 23 heavy (non-hydrogen) atoms. The van der Waals surface area contributed by atoms with Gasteiger partial charge in [0.05, 0.1) is 0 Å². The highest BCUT2D eigenvalue weighted by Gasteiger charge is 2.05. The molecule has 0 aliphatic heterocycles. The van der Waals surface area contributed by atoms with Crippen LogP contribution in [0.1, 0.15) is 33.5 Å². The number of hydrogen-bond acceptors (Lipinski definition) is 2. The van der Waals surface area contributed by atoms with Crippen LogP contribution < -0.4 is 10.2 Å². The fourth-order valence-corrected chi connectivity index (χ4v) is 2.62. The second-order valence-electron chi connectivity index (χ2n) is 6.23. The van der Waals surface area contributed by atoms with Crippen molar-refractivity contribution in [3.05, 3.63) is 64.7 Å². The first kappa shape index (κ1) is 17.1. The summed E-state index contributed by atoms with van der Waals surface area (Å²) >= 11 is 0. The standard InChI is InChI=1S/C20H26N2O/c1-15-7-8-17(16(2)14-15)6-5-13-21-20(23)18-9-11-19(12-10-18)22(3)4/h7-12,14H,5-6,13H2,1-4H3,(H,21,23). The average molecular weight is 310 g/mol. The van der Waals surface area contributed by atoms with E-state index in [2.05, 4.69) is 37.4 Å². The van der Waals surface area contributed by atoms with E-state index in [4.69, 9.17) is 0 Å². The van der Waals surface area contributed by atoms with Crippen molar-refractivity contribution in [3.8, 4) is 0 Å². The van der Waals surface area contributed by atoms with Gasteiger partial charge in [0.25, 0.3) is 5.91 Å². The van der Waals surface area contributed by atoms with Crippen LogP contribution in [0.5, 0.6) is 0 Å². The molecule has 0 heterocycles. The first-order chi connectivity index (χ1) is 11.0. The van der Waals surface area contributed by atoms with Gasteiger partial charge in [-0.1, -0.05) is 23.8 Å². The van der Waals surface area contributed by atoms with E-state index in [1.807, 2.05) is 43.3 Å². The lowest BCUT2D eigenvalue weighted by Crippen LogP contribution is -2.24. The van der Waals surface area contributed by atoms with Crippen LogP contribution in [0, 0.1) is 13.8 Å². The Balaban J connectivity index is 1.80. The molecule has 2 rings (SSSR count). The number of hydrogen-bond donors (Lipinski definition) is 1. The molecule has 0 aliphatic carbocycles. The summed E-state index contributed by atoms with van der Waals surface area (Å²) in [5, 5.41) is 3.00. The number of anilines is 1. The molecule has 1 N–H and O–H groups in total. The molecule has 3 heteroatoms. The second kappa shape index (κ2) is 7.82. The van der Waals surface area contributed by atoms with Gasteiger partial charge in [-0.25, -0.2) is 0 Å². The van der Waals surface area contributed by atoms with Gasteiger partial charge in [0.15, 0.2) is 0 Å². The number of carbonyl (C=O) groups excluding carboxylic acids is 1. The number of amides is 1. The fourth-order valence-electron chi connectivity index (χ4n) is 2.62. The third-order valence-electron chi connectivity index (χ3n) is 4.05. The van der Waals surface area contributed by atoms with Crippen molar-refractivity contribution < 1.29 is 4.79 Å².